The van der Waals surface area contributed by atoms with Gasteiger partial charge in [0.2, 0.25) is 0 Å². The Bertz CT molecular complexity index is 586. The lowest BCUT2D eigenvalue weighted by Crippen LogP contribution is -2.13. The summed E-state index contributed by atoms with van der Waals surface area (Å²) < 4.78 is 13.6. The van der Waals surface area contributed by atoms with E-state index in [2.05, 4.69) is 26.2 Å². The predicted molar refractivity (Wildman–Crippen MR) is 70.7 cm³/mol. The van der Waals surface area contributed by atoms with Crippen LogP contribution in [0.3, 0.4) is 0 Å². The first-order chi connectivity index (χ1) is 8.56. The second-order valence-corrected chi connectivity index (χ2v) is 4.40. The van der Waals surface area contributed by atoms with Crippen LogP contribution in [-0.4, -0.2) is 10.9 Å². The zero-order valence-corrected chi connectivity index (χ0v) is 10.7. The molecule has 3 N–H and O–H groups in total. The summed E-state index contributed by atoms with van der Waals surface area (Å²) in [6.45, 7) is 0. The van der Waals surface area contributed by atoms with Crippen molar-refractivity contribution in [3.63, 3.8) is 0 Å². The normalized spacial score (nSPS) is 10.1. The summed E-state index contributed by atoms with van der Waals surface area (Å²) in [6.07, 6.45) is 1.43. The number of nitrogens with one attached hydrogen (secondary N) is 1. The first-order valence-corrected chi connectivity index (χ1v) is 5.83. The molecule has 4 nitrogen and oxygen atoms in total. The van der Waals surface area contributed by atoms with Gasteiger partial charge in [-0.15, -0.1) is 0 Å². The van der Waals surface area contributed by atoms with Gasteiger partial charge in [-0.2, -0.15) is 0 Å². The third-order valence-corrected chi connectivity index (χ3v) is 2.91. The molecule has 18 heavy (non-hydrogen) atoms. The van der Waals surface area contributed by atoms with Crippen LogP contribution in [0, 0.1) is 5.82 Å². The Morgan fingerprint density at radius 2 is 2.11 bits per heavy atom. The van der Waals surface area contributed by atoms with Gasteiger partial charge < -0.3 is 11.1 Å². The van der Waals surface area contributed by atoms with E-state index in [0.717, 1.165) is 6.07 Å². The molecule has 92 valence electrons. The van der Waals surface area contributed by atoms with E-state index in [4.69, 9.17) is 5.73 Å². The molecule has 2 aromatic rings. The molecule has 0 spiro atoms. The van der Waals surface area contributed by atoms with Gasteiger partial charge in [0.05, 0.1) is 17.4 Å². The van der Waals surface area contributed by atoms with Gasteiger partial charge in [-0.05, 0) is 46.3 Å². The largest absolute Gasteiger partial charge is 0.384 e. The summed E-state index contributed by atoms with van der Waals surface area (Å²) >= 11 is 3.19. The Morgan fingerprint density at radius 3 is 2.78 bits per heavy atom. The van der Waals surface area contributed by atoms with E-state index in [1.807, 2.05) is 0 Å². The SMILES string of the molecule is Nc1ccc(NC(=O)c2cc(F)ccc2Br)cn1. The fourth-order valence-corrected chi connectivity index (χ4v) is 1.78. The minimum Gasteiger partial charge on any atom is -0.384 e. The van der Waals surface area contributed by atoms with E-state index in [1.54, 1.807) is 12.1 Å². The van der Waals surface area contributed by atoms with Crippen molar-refractivity contribution in [2.45, 2.75) is 0 Å². The Morgan fingerprint density at radius 1 is 1.33 bits per heavy atom. The van der Waals surface area contributed by atoms with Crippen LogP contribution in [0.5, 0.6) is 0 Å². The molecule has 2 rings (SSSR count). The number of benzene rings is 1. The van der Waals surface area contributed by atoms with Crippen molar-refractivity contribution in [3.8, 4) is 0 Å². The molecule has 0 saturated heterocycles. The summed E-state index contributed by atoms with van der Waals surface area (Å²) in [5, 5.41) is 2.60. The maximum absolute atomic E-state index is 13.1. The number of nitrogens with zero attached hydrogens (tertiary/aromatic N) is 1. The fraction of sp³-hybridized carbons (Fsp3) is 0. The molecule has 0 atom stereocenters. The van der Waals surface area contributed by atoms with Crippen molar-refractivity contribution in [1.82, 2.24) is 4.98 Å². The molecule has 0 radical (unpaired) electrons. The molecule has 0 aliphatic carbocycles. The van der Waals surface area contributed by atoms with Gasteiger partial charge >= 0.3 is 0 Å². The number of carbonyl (C=O) groups is 1. The van der Waals surface area contributed by atoms with Crippen molar-refractivity contribution < 1.29 is 9.18 Å². The minimum absolute atomic E-state index is 0.215. The fourth-order valence-electron chi connectivity index (χ4n) is 1.35. The molecular weight excluding hydrogens is 301 g/mol. The summed E-state index contributed by atoms with van der Waals surface area (Å²) in [6, 6.07) is 7.09. The van der Waals surface area contributed by atoms with Crippen LogP contribution in [0.4, 0.5) is 15.9 Å². The number of anilines is 2. The van der Waals surface area contributed by atoms with Gasteiger partial charge in [0.15, 0.2) is 0 Å². The van der Waals surface area contributed by atoms with Gasteiger partial charge in [-0.3, -0.25) is 4.79 Å². The van der Waals surface area contributed by atoms with Gasteiger partial charge in [-0.25, -0.2) is 9.37 Å². The zero-order valence-electron chi connectivity index (χ0n) is 9.15. The number of aromatic nitrogens is 1. The van der Waals surface area contributed by atoms with Gasteiger partial charge in [0.1, 0.15) is 11.6 Å². The highest BCUT2D eigenvalue weighted by Gasteiger charge is 2.11. The Balaban J connectivity index is 2.21. The lowest BCUT2D eigenvalue weighted by molar-refractivity contribution is 0.102. The minimum atomic E-state index is -0.473. The van der Waals surface area contributed by atoms with Crippen LogP contribution >= 0.6 is 15.9 Å². The van der Waals surface area contributed by atoms with Crippen molar-refractivity contribution >= 4 is 33.3 Å². The monoisotopic (exact) mass is 309 g/mol. The first-order valence-electron chi connectivity index (χ1n) is 5.04. The molecule has 6 heteroatoms. The van der Waals surface area contributed by atoms with Gasteiger partial charge in [0.25, 0.3) is 5.91 Å². The standard InChI is InChI=1S/C12H9BrFN3O/c13-10-3-1-7(14)5-9(10)12(18)17-8-2-4-11(15)16-6-8/h1-6H,(H2,15,16)(H,17,18). The smallest absolute Gasteiger partial charge is 0.256 e. The number of hydrogen-bond donors (Lipinski definition) is 2. The van der Waals surface area contributed by atoms with Crippen LogP contribution in [0.25, 0.3) is 0 Å². The van der Waals surface area contributed by atoms with E-state index in [9.17, 15) is 9.18 Å². The number of carbonyl (C=O) groups excluding carboxylic acids is 1. The zero-order chi connectivity index (χ0) is 13.1. The number of hydrogen-bond acceptors (Lipinski definition) is 3. The van der Waals surface area contributed by atoms with Gasteiger partial charge in [0, 0.05) is 4.47 Å². The number of nitrogens with two attached hydrogens (primary N) is 1. The first kappa shape index (κ1) is 12.5. The second kappa shape index (κ2) is 5.14. The summed E-state index contributed by atoms with van der Waals surface area (Å²) in [4.78, 5) is 15.7. The maximum Gasteiger partial charge on any atom is 0.256 e. The number of rotatable bonds is 2. The average Bonchev–Trinajstić information content (AvgIpc) is 2.35. The van der Waals surface area contributed by atoms with Crippen LogP contribution < -0.4 is 11.1 Å². The van der Waals surface area contributed by atoms with Gasteiger partial charge in [-0.1, -0.05) is 0 Å². The highest BCUT2D eigenvalue weighted by atomic mass is 79.9. The van der Waals surface area contributed by atoms with Crippen LogP contribution in [0.15, 0.2) is 41.0 Å². The molecule has 0 aliphatic rings. The highest BCUT2D eigenvalue weighted by Crippen LogP contribution is 2.19. The number of nitrogen functional groups attached to an aromatic ring is 1. The number of pyridine rings is 1. The predicted octanol–water partition coefficient (Wildman–Crippen LogP) is 2.82. The lowest BCUT2D eigenvalue weighted by atomic mass is 10.2. The van der Waals surface area contributed by atoms with E-state index < -0.39 is 11.7 Å². The molecule has 1 amide bonds. The number of halogens is 2. The third kappa shape index (κ3) is 2.84. The number of amides is 1. The van der Waals surface area contributed by atoms with Crippen LogP contribution in [0.2, 0.25) is 0 Å². The van der Waals surface area contributed by atoms with E-state index >= 15 is 0 Å². The molecule has 0 saturated carbocycles. The van der Waals surface area contributed by atoms with E-state index in [1.165, 1.54) is 18.3 Å². The Labute approximate surface area is 111 Å². The molecule has 0 aliphatic heterocycles. The molecule has 1 aromatic heterocycles. The molecule has 0 fully saturated rings. The van der Waals surface area contributed by atoms with Crippen LogP contribution in [-0.2, 0) is 0 Å². The average molecular weight is 310 g/mol. The maximum atomic E-state index is 13.1. The molecular formula is C12H9BrFN3O. The quantitative estimate of drug-likeness (QED) is 0.896. The van der Waals surface area contributed by atoms with Crippen molar-refractivity contribution in [1.29, 1.82) is 0 Å². The topological polar surface area (TPSA) is 68.0 Å². The Kier molecular flexibility index (Phi) is 3.57. The van der Waals surface area contributed by atoms with E-state index in [-0.39, 0.29) is 5.56 Å². The van der Waals surface area contributed by atoms with Crippen molar-refractivity contribution in [2.24, 2.45) is 0 Å². The third-order valence-electron chi connectivity index (χ3n) is 2.22. The lowest BCUT2D eigenvalue weighted by Gasteiger charge is -2.06. The summed E-state index contributed by atoms with van der Waals surface area (Å²) in [5.41, 5.74) is 6.14. The molecule has 0 bridgehead atoms. The van der Waals surface area contributed by atoms with Crippen molar-refractivity contribution in [3.05, 3.63) is 52.4 Å². The Hall–Kier alpha value is -1.95. The molecule has 1 heterocycles. The molecule has 0 unspecified atom stereocenters. The molecule has 1 aromatic carbocycles. The van der Waals surface area contributed by atoms with E-state index in [0.29, 0.717) is 16.0 Å². The summed E-state index contributed by atoms with van der Waals surface area (Å²) in [7, 11) is 0. The summed E-state index contributed by atoms with van der Waals surface area (Å²) in [5.74, 6) is -0.535. The van der Waals surface area contributed by atoms with Crippen molar-refractivity contribution in [2.75, 3.05) is 11.1 Å². The van der Waals surface area contributed by atoms with Crippen LogP contribution in [0.1, 0.15) is 10.4 Å². The second-order valence-electron chi connectivity index (χ2n) is 3.55. The highest BCUT2D eigenvalue weighted by molar-refractivity contribution is 9.10.